The van der Waals surface area contributed by atoms with Gasteiger partial charge in [0, 0.05) is 13.1 Å². The molecular formula is C10H12N2O3S. The van der Waals surface area contributed by atoms with Crippen molar-refractivity contribution in [1.29, 1.82) is 0 Å². The first kappa shape index (κ1) is 11.2. The van der Waals surface area contributed by atoms with Crippen LogP contribution in [-0.2, 0) is 23.0 Å². The summed E-state index contributed by atoms with van der Waals surface area (Å²) >= 11 is 0. The van der Waals surface area contributed by atoms with Crippen molar-refractivity contribution in [3.8, 4) is 0 Å². The topological polar surface area (TPSA) is 66.8 Å². The lowest BCUT2D eigenvalue weighted by atomic mass is 10.0. The second kappa shape index (κ2) is 3.95. The molecule has 0 atom stereocenters. The van der Waals surface area contributed by atoms with E-state index in [4.69, 9.17) is 0 Å². The van der Waals surface area contributed by atoms with Crippen LogP contribution < -0.4 is 0 Å². The third-order valence-electron chi connectivity index (χ3n) is 2.74. The van der Waals surface area contributed by atoms with Gasteiger partial charge in [-0.25, -0.2) is 8.42 Å². The monoisotopic (exact) mass is 240 g/mol. The van der Waals surface area contributed by atoms with Gasteiger partial charge < -0.3 is 0 Å². The first-order valence-corrected chi connectivity index (χ1v) is 6.76. The van der Waals surface area contributed by atoms with Crippen LogP contribution in [0, 0.1) is 4.91 Å². The Bertz CT molecular complexity index is 525. The van der Waals surface area contributed by atoms with Gasteiger partial charge in [0.25, 0.3) is 0 Å². The molecule has 0 fully saturated rings. The molecule has 1 heterocycles. The van der Waals surface area contributed by atoms with Gasteiger partial charge in [0.05, 0.1) is 6.26 Å². The summed E-state index contributed by atoms with van der Waals surface area (Å²) in [5.74, 6) is 0. The lowest BCUT2D eigenvalue weighted by Crippen LogP contribution is -2.35. The summed E-state index contributed by atoms with van der Waals surface area (Å²) in [5.41, 5.74) is 2.35. The summed E-state index contributed by atoms with van der Waals surface area (Å²) in [5, 5.41) is 2.86. The van der Waals surface area contributed by atoms with Gasteiger partial charge in [0.2, 0.25) is 10.0 Å². The van der Waals surface area contributed by atoms with Crippen molar-refractivity contribution in [2.24, 2.45) is 5.18 Å². The molecule has 0 saturated heterocycles. The summed E-state index contributed by atoms with van der Waals surface area (Å²) in [7, 11) is -3.14. The fraction of sp³-hybridized carbons (Fsp3) is 0.400. The second-order valence-corrected chi connectivity index (χ2v) is 5.87. The minimum atomic E-state index is -3.14. The van der Waals surface area contributed by atoms with Crippen LogP contribution in [0.5, 0.6) is 0 Å². The van der Waals surface area contributed by atoms with Crippen LogP contribution in [0.3, 0.4) is 0 Å². The van der Waals surface area contributed by atoms with Crippen LogP contribution in [0.1, 0.15) is 11.1 Å². The third-order valence-corrected chi connectivity index (χ3v) is 3.99. The number of rotatable bonds is 2. The van der Waals surface area contributed by atoms with E-state index in [9.17, 15) is 13.3 Å². The lowest BCUT2D eigenvalue weighted by Gasteiger charge is -2.26. The third kappa shape index (κ3) is 2.12. The van der Waals surface area contributed by atoms with Crippen LogP contribution in [0.15, 0.2) is 23.4 Å². The van der Waals surface area contributed by atoms with Gasteiger partial charge in [-0.05, 0) is 34.9 Å². The minimum Gasteiger partial charge on any atom is -0.212 e. The Morgan fingerprint density at radius 2 is 2.06 bits per heavy atom. The summed E-state index contributed by atoms with van der Waals surface area (Å²) in [6.07, 6.45) is 1.84. The predicted molar refractivity (Wildman–Crippen MR) is 60.9 cm³/mol. The van der Waals surface area contributed by atoms with Crippen LogP contribution in [0.25, 0.3) is 0 Å². The van der Waals surface area contributed by atoms with Crippen molar-refractivity contribution in [1.82, 2.24) is 4.31 Å². The molecule has 1 aliphatic heterocycles. The van der Waals surface area contributed by atoms with E-state index in [1.54, 1.807) is 18.2 Å². The Morgan fingerprint density at radius 3 is 2.69 bits per heavy atom. The number of nitrogens with zero attached hydrogens (tertiary/aromatic N) is 2. The molecule has 1 aromatic carbocycles. The molecule has 0 aliphatic carbocycles. The lowest BCUT2D eigenvalue weighted by molar-refractivity contribution is 0.395. The molecule has 0 aromatic heterocycles. The van der Waals surface area contributed by atoms with Crippen LogP contribution >= 0.6 is 0 Å². The Hall–Kier alpha value is -1.27. The van der Waals surface area contributed by atoms with Gasteiger partial charge in [0.15, 0.2) is 0 Å². The highest BCUT2D eigenvalue weighted by atomic mass is 32.2. The maximum atomic E-state index is 11.4. The highest BCUT2D eigenvalue weighted by Gasteiger charge is 2.22. The molecule has 0 bridgehead atoms. The first-order chi connectivity index (χ1) is 7.50. The number of benzene rings is 1. The molecule has 1 aliphatic rings. The van der Waals surface area contributed by atoms with E-state index in [1.807, 2.05) is 0 Å². The molecule has 16 heavy (non-hydrogen) atoms. The largest absolute Gasteiger partial charge is 0.212 e. The van der Waals surface area contributed by atoms with Crippen LogP contribution in [0.2, 0.25) is 0 Å². The molecule has 0 spiro atoms. The van der Waals surface area contributed by atoms with E-state index in [0.29, 0.717) is 25.2 Å². The fourth-order valence-electron chi connectivity index (χ4n) is 1.85. The number of nitroso groups, excluding NO2 is 1. The normalized spacial score (nSPS) is 16.8. The second-order valence-electron chi connectivity index (χ2n) is 3.89. The molecular weight excluding hydrogens is 228 g/mol. The number of hydrogen-bond acceptors (Lipinski definition) is 4. The molecule has 0 N–H and O–H groups in total. The quantitative estimate of drug-likeness (QED) is 0.734. The highest BCUT2D eigenvalue weighted by molar-refractivity contribution is 7.88. The molecule has 0 saturated carbocycles. The zero-order chi connectivity index (χ0) is 11.8. The van der Waals surface area contributed by atoms with Crippen molar-refractivity contribution < 1.29 is 8.42 Å². The van der Waals surface area contributed by atoms with E-state index in [-0.39, 0.29) is 0 Å². The molecule has 6 heteroatoms. The predicted octanol–water partition coefficient (Wildman–Crippen LogP) is 1.40. The van der Waals surface area contributed by atoms with E-state index >= 15 is 0 Å². The van der Waals surface area contributed by atoms with Gasteiger partial charge in [-0.2, -0.15) is 4.31 Å². The Morgan fingerprint density at radius 1 is 1.31 bits per heavy atom. The Balaban J connectivity index is 2.32. The van der Waals surface area contributed by atoms with E-state index < -0.39 is 10.0 Å². The zero-order valence-electron chi connectivity index (χ0n) is 8.88. The van der Waals surface area contributed by atoms with Gasteiger partial charge in [0.1, 0.15) is 5.69 Å². The van der Waals surface area contributed by atoms with E-state index in [2.05, 4.69) is 5.18 Å². The molecule has 1 aromatic rings. The molecule has 0 amide bonds. The molecule has 0 unspecified atom stereocenters. The summed E-state index contributed by atoms with van der Waals surface area (Å²) in [4.78, 5) is 10.4. The summed E-state index contributed by atoms with van der Waals surface area (Å²) in [6.45, 7) is 0.849. The molecule has 5 nitrogen and oxygen atoms in total. The number of sulfonamides is 1. The van der Waals surface area contributed by atoms with Crippen LogP contribution in [0.4, 0.5) is 5.69 Å². The maximum Gasteiger partial charge on any atom is 0.211 e. The van der Waals surface area contributed by atoms with Crippen molar-refractivity contribution in [2.75, 3.05) is 12.8 Å². The van der Waals surface area contributed by atoms with Gasteiger partial charge >= 0.3 is 0 Å². The van der Waals surface area contributed by atoms with Crippen molar-refractivity contribution in [3.05, 3.63) is 34.2 Å². The smallest absolute Gasteiger partial charge is 0.211 e. The Labute approximate surface area is 94.1 Å². The highest BCUT2D eigenvalue weighted by Crippen LogP contribution is 2.24. The van der Waals surface area contributed by atoms with E-state index in [0.717, 1.165) is 11.1 Å². The summed E-state index contributed by atoms with van der Waals surface area (Å²) < 4.78 is 24.2. The van der Waals surface area contributed by atoms with Gasteiger partial charge in [-0.3, -0.25) is 0 Å². The maximum absolute atomic E-state index is 11.4. The summed E-state index contributed by atoms with van der Waals surface area (Å²) in [6, 6.07) is 5.10. The number of hydrogen-bond donors (Lipinski definition) is 0. The zero-order valence-corrected chi connectivity index (χ0v) is 9.70. The average molecular weight is 240 g/mol. The molecule has 86 valence electrons. The van der Waals surface area contributed by atoms with Crippen molar-refractivity contribution >= 4 is 15.7 Å². The number of fused-ring (bicyclic) bond motifs is 1. The van der Waals surface area contributed by atoms with Crippen molar-refractivity contribution in [2.45, 2.75) is 13.0 Å². The molecule has 2 rings (SSSR count). The SMILES string of the molecule is CS(=O)(=O)N1CCc2cc(N=O)ccc2C1. The van der Waals surface area contributed by atoms with Gasteiger partial charge in [-0.15, -0.1) is 4.91 Å². The minimum absolute atomic E-state index is 0.382. The Kier molecular flexibility index (Phi) is 2.77. The fourth-order valence-corrected chi connectivity index (χ4v) is 2.65. The first-order valence-electron chi connectivity index (χ1n) is 4.91. The standard InChI is InChI=1S/C10H12N2O3S/c1-16(14,15)12-5-4-8-6-10(11-13)3-2-9(8)7-12/h2-3,6H,4-5,7H2,1H3. The van der Waals surface area contributed by atoms with Crippen molar-refractivity contribution in [3.63, 3.8) is 0 Å². The van der Waals surface area contributed by atoms with Gasteiger partial charge in [-0.1, -0.05) is 6.07 Å². The van der Waals surface area contributed by atoms with Crippen LogP contribution in [-0.4, -0.2) is 25.5 Å². The average Bonchev–Trinajstić information content (AvgIpc) is 2.26. The van der Waals surface area contributed by atoms with E-state index in [1.165, 1.54) is 10.6 Å². The molecule has 0 radical (unpaired) electrons.